The molecule has 20 heavy (non-hydrogen) atoms. The summed E-state index contributed by atoms with van der Waals surface area (Å²) >= 11 is 0. The summed E-state index contributed by atoms with van der Waals surface area (Å²) < 4.78 is 10.0. The first-order chi connectivity index (χ1) is 9.56. The third-order valence-electron chi connectivity index (χ3n) is 3.32. The lowest BCUT2D eigenvalue weighted by Gasteiger charge is -2.31. The van der Waals surface area contributed by atoms with E-state index in [9.17, 15) is 9.59 Å². The summed E-state index contributed by atoms with van der Waals surface area (Å²) in [7, 11) is 1.61. The molecular formula is C14H26N2O4. The Hall–Kier alpha value is -1.14. The molecule has 0 aromatic carbocycles. The van der Waals surface area contributed by atoms with Gasteiger partial charge in [0.2, 0.25) is 5.91 Å². The minimum atomic E-state index is -0.148. The zero-order chi connectivity index (χ0) is 15.0. The molecule has 1 saturated heterocycles. The fourth-order valence-electron chi connectivity index (χ4n) is 2.47. The molecule has 1 amide bonds. The van der Waals surface area contributed by atoms with Gasteiger partial charge in [-0.15, -0.1) is 0 Å². The van der Waals surface area contributed by atoms with E-state index in [1.165, 1.54) is 0 Å². The van der Waals surface area contributed by atoms with Crippen LogP contribution in [0.3, 0.4) is 0 Å². The van der Waals surface area contributed by atoms with Gasteiger partial charge in [0.15, 0.2) is 0 Å². The number of rotatable bonds is 7. The van der Waals surface area contributed by atoms with Crippen molar-refractivity contribution >= 4 is 11.9 Å². The molecule has 1 aliphatic rings. The zero-order valence-electron chi connectivity index (χ0n) is 12.7. The van der Waals surface area contributed by atoms with Crippen molar-refractivity contribution in [2.75, 3.05) is 40.0 Å². The van der Waals surface area contributed by atoms with Crippen LogP contribution in [-0.4, -0.2) is 62.8 Å². The second-order valence-corrected chi connectivity index (χ2v) is 5.25. The minimum absolute atomic E-state index is 0.00172. The summed E-state index contributed by atoms with van der Waals surface area (Å²) in [4.78, 5) is 25.6. The molecule has 0 aromatic rings. The van der Waals surface area contributed by atoms with E-state index in [1.54, 1.807) is 7.11 Å². The van der Waals surface area contributed by atoms with Gasteiger partial charge in [-0.2, -0.15) is 0 Å². The second kappa shape index (κ2) is 8.92. The van der Waals surface area contributed by atoms with Gasteiger partial charge in [-0.25, -0.2) is 0 Å². The maximum absolute atomic E-state index is 11.9. The van der Waals surface area contributed by atoms with Gasteiger partial charge in [-0.05, 0) is 33.2 Å². The quantitative estimate of drug-likeness (QED) is 0.687. The fraction of sp³-hybridized carbons (Fsp3) is 0.857. The highest BCUT2D eigenvalue weighted by molar-refractivity contribution is 5.78. The van der Waals surface area contributed by atoms with Gasteiger partial charge < -0.3 is 14.8 Å². The molecule has 6 nitrogen and oxygen atoms in total. The Morgan fingerprint density at radius 1 is 1.45 bits per heavy atom. The molecule has 1 N–H and O–H groups in total. The Labute approximate surface area is 120 Å². The van der Waals surface area contributed by atoms with Crippen LogP contribution in [0.2, 0.25) is 0 Å². The number of piperidine rings is 1. The topological polar surface area (TPSA) is 67.9 Å². The molecule has 0 saturated carbocycles. The van der Waals surface area contributed by atoms with E-state index in [2.05, 4.69) is 5.32 Å². The lowest BCUT2D eigenvalue weighted by molar-refractivity contribution is -0.150. The Morgan fingerprint density at radius 2 is 2.20 bits per heavy atom. The molecule has 116 valence electrons. The van der Waals surface area contributed by atoms with Crippen molar-refractivity contribution in [2.45, 2.75) is 32.7 Å². The van der Waals surface area contributed by atoms with Crippen LogP contribution in [0.5, 0.6) is 0 Å². The lowest BCUT2D eigenvalue weighted by atomic mass is 9.98. The van der Waals surface area contributed by atoms with Crippen LogP contribution in [0.1, 0.15) is 26.7 Å². The van der Waals surface area contributed by atoms with Crippen LogP contribution in [0, 0.1) is 5.92 Å². The van der Waals surface area contributed by atoms with Gasteiger partial charge >= 0.3 is 5.97 Å². The molecule has 0 aromatic heterocycles. The molecule has 1 unspecified atom stereocenters. The molecule has 1 fully saturated rings. The Morgan fingerprint density at radius 3 is 2.85 bits per heavy atom. The Bertz CT molecular complexity index is 322. The number of carbonyl (C=O) groups is 2. The Balaban J connectivity index is 2.36. The van der Waals surface area contributed by atoms with Gasteiger partial charge in [-0.3, -0.25) is 14.5 Å². The summed E-state index contributed by atoms with van der Waals surface area (Å²) in [6.07, 6.45) is 1.77. The lowest BCUT2D eigenvalue weighted by Crippen LogP contribution is -2.46. The van der Waals surface area contributed by atoms with Crippen molar-refractivity contribution in [2.24, 2.45) is 5.92 Å². The van der Waals surface area contributed by atoms with Crippen LogP contribution >= 0.6 is 0 Å². The summed E-state index contributed by atoms with van der Waals surface area (Å²) in [5.74, 6) is -0.280. The van der Waals surface area contributed by atoms with E-state index < -0.39 is 0 Å². The molecule has 0 bridgehead atoms. The van der Waals surface area contributed by atoms with Gasteiger partial charge in [0, 0.05) is 19.7 Å². The smallest absolute Gasteiger partial charge is 0.310 e. The predicted molar refractivity (Wildman–Crippen MR) is 75.3 cm³/mol. The van der Waals surface area contributed by atoms with E-state index in [-0.39, 0.29) is 23.8 Å². The molecule has 0 aliphatic carbocycles. The summed E-state index contributed by atoms with van der Waals surface area (Å²) in [5.41, 5.74) is 0. The third kappa shape index (κ3) is 5.88. The highest BCUT2D eigenvalue weighted by Gasteiger charge is 2.27. The number of nitrogens with zero attached hydrogens (tertiary/aromatic N) is 1. The number of amides is 1. The molecule has 1 aliphatic heterocycles. The van der Waals surface area contributed by atoms with Crippen molar-refractivity contribution < 1.29 is 19.1 Å². The number of nitrogens with one attached hydrogen (secondary N) is 1. The number of hydrogen-bond acceptors (Lipinski definition) is 5. The second-order valence-electron chi connectivity index (χ2n) is 5.25. The number of methoxy groups -OCH3 is 1. The monoisotopic (exact) mass is 286 g/mol. The summed E-state index contributed by atoms with van der Waals surface area (Å²) in [6, 6.07) is -0.00172. The Kier molecular flexibility index (Phi) is 7.54. The number of likely N-dealkylation sites (tertiary alicyclic amines) is 1. The summed E-state index contributed by atoms with van der Waals surface area (Å²) in [6.45, 7) is 6.39. The van der Waals surface area contributed by atoms with E-state index in [0.29, 0.717) is 26.3 Å². The molecule has 0 radical (unpaired) electrons. The highest BCUT2D eigenvalue weighted by atomic mass is 16.5. The first-order valence-corrected chi connectivity index (χ1v) is 7.24. The normalized spacial score (nSPS) is 21.2. The summed E-state index contributed by atoms with van der Waals surface area (Å²) in [5, 5.41) is 2.88. The van der Waals surface area contributed by atoms with Gasteiger partial charge in [-0.1, -0.05) is 0 Å². The largest absolute Gasteiger partial charge is 0.466 e. The van der Waals surface area contributed by atoms with E-state index >= 15 is 0 Å². The average molecular weight is 286 g/mol. The molecule has 1 heterocycles. The predicted octanol–water partition coefficient (Wildman–Crippen LogP) is 0.413. The number of carbonyl (C=O) groups excluding carboxylic acids is 2. The van der Waals surface area contributed by atoms with Crippen molar-refractivity contribution in [1.29, 1.82) is 0 Å². The van der Waals surface area contributed by atoms with Crippen LogP contribution in [-0.2, 0) is 19.1 Å². The third-order valence-corrected chi connectivity index (χ3v) is 3.32. The average Bonchev–Trinajstić information content (AvgIpc) is 2.39. The number of hydrogen-bond donors (Lipinski definition) is 1. The van der Waals surface area contributed by atoms with Crippen LogP contribution in [0.25, 0.3) is 0 Å². The highest BCUT2D eigenvalue weighted by Crippen LogP contribution is 2.17. The SMILES string of the molecule is CCOC(=O)[C@@H]1CCCN(CC(=O)NC(C)COC)C1. The van der Waals surface area contributed by atoms with Gasteiger partial charge in [0.05, 0.1) is 25.7 Å². The zero-order valence-corrected chi connectivity index (χ0v) is 12.7. The molecule has 0 spiro atoms. The standard InChI is InChI=1S/C14H26N2O4/c1-4-20-14(18)12-6-5-7-16(8-12)9-13(17)15-11(2)10-19-3/h11-12H,4-10H2,1-3H3,(H,15,17)/t11?,12-/m1/s1. The van der Waals surface area contributed by atoms with E-state index in [4.69, 9.17) is 9.47 Å². The molecule has 1 rings (SSSR count). The number of esters is 1. The van der Waals surface area contributed by atoms with Gasteiger partial charge in [0.1, 0.15) is 0 Å². The van der Waals surface area contributed by atoms with Gasteiger partial charge in [0.25, 0.3) is 0 Å². The van der Waals surface area contributed by atoms with Crippen LogP contribution < -0.4 is 5.32 Å². The van der Waals surface area contributed by atoms with E-state index in [0.717, 1.165) is 19.4 Å². The molecule has 6 heteroatoms. The minimum Gasteiger partial charge on any atom is -0.466 e. The molecule has 2 atom stereocenters. The van der Waals surface area contributed by atoms with Crippen molar-refractivity contribution in [3.63, 3.8) is 0 Å². The number of ether oxygens (including phenoxy) is 2. The van der Waals surface area contributed by atoms with Crippen molar-refractivity contribution in [3.8, 4) is 0 Å². The maximum atomic E-state index is 11.9. The van der Waals surface area contributed by atoms with Crippen molar-refractivity contribution in [1.82, 2.24) is 10.2 Å². The van der Waals surface area contributed by atoms with Crippen molar-refractivity contribution in [3.05, 3.63) is 0 Å². The van der Waals surface area contributed by atoms with Crippen LogP contribution in [0.4, 0.5) is 0 Å². The van der Waals surface area contributed by atoms with Crippen LogP contribution in [0.15, 0.2) is 0 Å². The maximum Gasteiger partial charge on any atom is 0.310 e. The first kappa shape index (κ1) is 16.9. The molecular weight excluding hydrogens is 260 g/mol. The fourth-order valence-corrected chi connectivity index (χ4v) is 2.47. The first-order valence-electron chi connectivity index (χ1n) is 7.24. The van der Waals surface area contributed by atoms with E-state index in [1.807, 2.05) is 18.7 Å².